The minimum Gasteiger partial charge on any atom is -0.491 e. The Hall–Kier alpha value is -1.75. The molecule has 2 aromatic rings. The lowest BCUT2D eigenvalue weighted by Gasteiger charge is -2.37. The van der Waals surface area contributed by atoms with Crippen LogP contribution in [0.3, 0.4) is 0 Å². The Balaban J connectivity index is 1.56. The van der Waals surface area contributed by atoms with Gasteiger partial charge in [0.25, 0.3) is 0 Å². The van der Waals surface area contributed by atoms with Gasteiger partial charge in [-0.2, -0.15) is 0 Å². The number of halogens is 1. The second kappa shape index (κ2) is 8.51. The topological polar surface area (TPSA) is 44.7 Å². The lowest BCUT2D eigenvalue weighted by atomic mass is 9.82. The lowest BCUT2D eigenvalue weighted by molar-refractivity contribution is 0.0434. The van der Waals surface area contributed by atoms with Crippen LogP contribution in [0.1, 0.15) is 31.7 Å². The van der Waals surface area contributed by atoms with E-state index in [1.807, 2.05) is 43.4 Å². The van der Waals surface area contributed by atoms with Gasteiger partial charge in [-0.25, -0.2) is 0 Å². The zero-order valence-corrected chi connectivity index (χ0v) is 17.0. The van der Waals surface area contributed by atoms with E-state index in [0.29, 0.717) is 12.5 Å². The van der Waals surface area contributed by atoms with Gasteiger partial charge in [0.05, 0.1) is 0 Å². The van der Waals surface area contributed by atoms with Gasteiger partial charge in [-0.15, -0.1) is 0 Å². The van der Waals surface area contributed by atoms with Crippen molar-refractivity contribution < 1.29 is 9.84 Å². The molecule has 0 bridgehead atoms. The molecule has 0 spiro atoms. The molecule has 27 heavy (non-hydrogen) atoms. The maximum absolute atomic E-state index is 10.5. The van der Waals surface area contributed by atoms with E-state index >= 15 is 0 Å². The zero-order valence-electron chi connectivity index (χ0n) is 16.3. The highest BCUT2D eigenvalue weighted by Crippen LogP contribution is 2.42. The fraction of sp³-hybridized carbons (Fsp3) is 0.455. The third kappa shape index (κ3) is 4.75. The van der Waals surface area contributed by atoms with Crippen molar-refractivity contribution in [2.24, 2.45) is 0 Å². The highest BCUT2D eigenvalue weighted by molar-refractivity contribution is 6.30. The third-order valence-corrected chi connectivity index (χ3v) is 5.86. The quantitative estimate of drug-likeness (QED) is 0.738. The summed E-state index contributed by atoms with van der Waals surface area (Å²) in [4.78, 5) is 2.36. The molecule has 1 heterocycles. The molecule has 5 heteroatoms. The molecule has 3 rings (SSSR count). The monoisotopic (exact) mass is 388 g/mol. The molecular formula is C22H29ClN2O2. The number of benzene rings is 2. The van der Waals surface area contributed by atoms with Gasteiger partial charge < -0.3 is 15.2 Å². The molecule has 2 atom stereocenters. The van der Waals surface area contributed by atoms with Crippen LogP contribution in [0.4, 0.5) is 5.69 Å². The Bertz CT molecular complexity index is 748. The highest BCUT2D eigenvalue weighted by atomic mass is 35.5. The number of ether oxygens (including phenoxy) is 1. The first-order chi connectivity index (χ1) is 12.9. The van der Waals surface area contributed by atoms with Crippen LogP contribution >= 0.6 is 11.6 Å². The number of rotatable bonds is 7. The van der Waals surface area contributed by atoms with Crippen LogP contribution in [-0.2, 0) is 0 Å². The summed E-state index contributed by atoms with van der Waals surface area (Å²) in [6, 6.07) is 15.9. The molecular weight excluding hydrogens is 360 g/mol. The minimum absolute atomic E-state index is 0.0416. The molecule has 0 saturated carbocycles. The van der Waals surface area contributed by atoms with Crippen molar-refractivity contribution in [3.63, 3.8) is 0 Å². The maximum Gasteiger partial charge on any atom is 0.119 e. The Morgan fingerprint density at radius 1 is 1.26 bits per heavy atom. The number of likely N-dealkylation sites (tertiary alicyclic amines) is 1. The van der Waals surface area contributed by atoms with Crippen LogP contribution < -0.4 is 10.1 Å². The first-order valence-corrected chi connectivity index (χ1v) is 9.87. The molecule has 1 aliphatic heterocycles. The van der Waals surface area contributed by atoms with E-state index in [0.717, 1.165) is 29.4 Å². The predicted molar refractivity (Wildman–Crippen MR) is 112 cm³/mol. The fourth-order valence-corrected chi connectivity index (χ4v) is 4.19. The van der Waals surface area contributed by atoms with Gasteiger partial charge in [0.15, 0.2) is 0 Å². The van der Waals surface area contributed by atoms with Gasteiger partial charge in [0.2, 0.25) is 0 Å². The number of hydrogen-bond acceptors (Lipinski definition) is 4. The Morgan fingerprint density at radius 3 is 2.67 bits per heavy atom. The first kappa shape index (κ1) is 20.0. The van der Waals surface area contributed by atoms with Gasteiger partial charge in [0.1, 0.15) is 18.5 Å². The predicted octanol–water partition coefficient (Wildman–Crippen LogP) is 4.39. The van der Waals surface area contributed by atoms with Crippen LogP contribution in [0.15, 0.2) is 48.5 Å². The van der Waals surface area contributed by atoms with Crippen molar-refractivity contribution in [2.75, 3.05) is 32.1 Å². The lowest BCUT2D eigenvalue weighted by Crippen LogP contribution is -2.46. The fourth-order valence-electron chi connectivity index (χ4n) is 3.99. The van der Waals surface area contributed by atoms with Crippen molar-refractivity contribution in [1.29, 1.82) is 0 Å². The molecule has 146 valence electrons. The summed E-state index contributed by atoms with van der Waals surface area (Å²) in [6.45, 7) is 6.33. The normalized spacial score (nSPS) is 20.4. The maximum atomic E-state index is 10.5. The third-order valence-electron chi connectivity index (χ3n) is 5.62. The summed E-state index contributed by atoms with van der Waals surface area (Å²) in [7, 11) is 1.88. The smallest absolute Gasteiger partial charge is 0.119 e. The van der Waals surface area contributed by atoms with Gasteiger partial charge in [0, 0.05) is 35.8 Å². The second-order valence-electron chi connectivity index (χ2n) is 7.74. The molecule has 0 aliphatic carbocycles. The Morgan fingerprint density at radius 2 is 2.00 bits per heavy atom. The van der Waals surface area contributed by atoms with Crippen LogP contribution in [0.5, 0.6) is 5.75 Å². The van der Waals surface area contributed by atoms with E-state index in [1.54, 1.807) is 0 Å². The Kier molecular flexibility index (Phi) is 6.30. The molecule has 0 aromatic heterocycles. The van der Waals surface area contributed by atoms with Gasteiger partial charge in [-0.05, 0) is 68.8 Å². The molecule has 4 nitrogen and oxygen atoms in total. The number of aliphatic hydroxyl groups is 1. The molecule has 1 saturated heterocycles. The molecule has 0 amide bonds. The molecule has 2 unspecified atom stereocenters. The standard InChI is InChI=1S/C22H29ClN2O2/c1-22(2)21(16-5-4-6-17(23)13-16)11-12-25(22)14-19(26)15-27-20-9-7-18(24-3)8-10-20/h4-10,13,19,21,24,26H,11-12,14-15H2,1-3H3. The summed E-state index contributed by atoms with van der Waals surface area (Å²) in [5, 5.41) is 14.4. The minimum atomic E-state index is -0.536. The highest BCUT2D eigenvalue weighted by Gasteiger charge is 2.42. The number of β-amino-alcohol motifs (C(OH)–C–C–N with tert-alkyl or cyclic N) is 1. The molecule has 2 N–H and O–H groups in total. The summed E-state index contributed by atoms with van der Waals surface area (Å²) < 4.78 is 5.75. The number of nitrogens with zero attached hydrogens (tertiary/aromatic N) is 1. The zero-order chi connectivity index (χ0) is 19.4. The van der Waals surface area contributed by atoms with Crippen LogP contribution in [0.25, 0.3) is 0 Å². The van der Waals surface area contributed by atoms with E-state index in [2.05, 4.69) is 36.2 Å². The van der Waals surface area contributed by atoms with E-state index in [-0.39, 0.29) is 12.1 Å². The Labute approximate surface area is 167 Å². The van der Waals surface area contributed by atoms with Crippen LogP contribution in [0.2, 0.25) is 5.02 Å². The summed E-state index contributed by atoms with van der Waals surface area (Å²) in [5.74, 6) is 1.17. The second-order valence-corrected chi connectivity index (χ2v) is 8.17. The van der Waals surface area contributed by atoms with E-state index < -0.39 is 6.10 Å². The van der Waals surface area contributed by atoms with Crippen molar-refractivity contribution in [2.45, 2.75) is 37.8 Å². The SMILES string of the molecule is CNc1ccc(OCC(O)CN2CCC(c3cccc(Cl)c3)C2(C)C)cc1. The van der Waals surface area contributed by atoms with Crippen molar-refractivity contribution >= 4 is 17.3 Å². The molecule has 0 radical (unpaired) electrons. The average Bonchev–Trinajstić information content (AvgIpc) is 2.94. The largest absolute Gasteiger partial charge is 0.491 e. The molecule has 1 fully saturated rings. The summed E-state index contributed by atoms with van der Waals surface area (Å²) >= 11 is 6.18. The summed E-state index contributed by atoms with van der Waals surface area (Å²) in [5.41, 5.74) is 2.26. The number of nitrogens with one attached hydrogen (secondary N) is 1. The van der Waals surface area contributed by atoms with Crippen LogP contribution in [-0.4, -0.2) is 48.4 Å². The number of aliphatic hydroxyl groups excluding tert-OH is 1. The van der Waals surface area contributed by atoms with Crippen molar-refractivity contribution in [1.82, 2.24) is 4.90 Å². The van der Waals surface area contributed by atoms with Gasteiger partial charge in [-0.1, -0.05) is 23.7 Å². The number of anilines is 1. The average molecular weight is 389 g/mol. The number of hydrogen-bond donors (Lipinski definition) is 2. The first-order valence-electron chi connectivity index (χ1n) is 9.49. The van der Waals surface area contributed by atoms with Gasteiger partial charge in [-0.3, -0.25) is 4.90 Å². The van der Waals surface area contributed by atoms with E-state index in [9.17, 15) is 5.11 Å². The van der Waals surface area contributed by atoms with E-state index in [4.69, 9.17) is 16.3 Å². The van der Waals surface area contributed by atoms with Crippen molar-refractivity contribution in [3.8, 4) is 5.75 Å². The van der Waals surface area contributed by atoms with Crippen molar-refractivity contribution in [3.05, 3.63) is 59.1 Å². The van der Waals surface area contributed by atoms with E-state index in [1.165, 1.54) is 5.56 Å². The van der Waals surface area contributed by atoms with Crippen LogP contribution in [0, 0.1) is 0 Å². The summed E-state index contributed by atoms with van der Waals surface area (Å²) in [6.07, 6.45) is 0.526. The van der Waals surface area contributed by atoms with Gasteiger partial charge >= 0.3 is 0 Å². The molecule has 1 aliphatic rings. The molecule has 2 aromatic carbocycles.